The summed E-state index contributed by atoms with van der Waals surface area (Å²) in [7, 11) is 0. The molecular formula is C17H13NO2S. The van der Waals surface area contributed by atoms with Gasteiger partial charge >= 0.3 is 5.97 Å². The summed E-state index contributed by atoms with van der Waals surface area (Å²) in [5.41, 5.74) is 3.43. The van der Waals surface area contributed by atoms with E-state index in [4.69, 9.17) is 0 Å². The average molecular weight is 295 g/mol. The number of aromatic carboxylic acids is 1. The van der Waals surface area contributed by atoms with Crippen molar-refractivity contribution in [2.75, 3.05) is 0 Å². The maximum absolute atomic E-state index is 11.5. The fourth-order valence-electron chi connectivity index (χ4n) is 2.08. The van der Waals surface area contributed by atoms with Crippen molar-refractivity contribution >= 4 is 17.3 Å². The molecule has 2 aromatic carbocycles. The van der Waals surface area contributed by atoms with E-state index in [1.807, 2.05) is 61.5 Å². The van der Waals surface area contributed by atoms with Gasteiger partial charge in [0, 0.05) is 11.1 Å². The van der Waals surface area contributed by atoms with E-state index in [9.17, 15) is 9.90 Å². The Hall–Kier alpha value is -2.46. The number of nitrogens with zero attached hydrogens (tertiary/aromatic N) is 1. The fourth-order valence-corrected chi connectivity index (χ4v) is 3.01. The monoisotopic (exact) mass is 295 g/mol. The predicted octanol–water partition coefficient (Wildman–Crippen LogP) is 4.48. The Morgan fingerprint density at radius 2 is 1.67 bits per heavy atom. The lowest BCUT2D eigenvalue weighted by atomic mass is 10.1. The first-order chi connectivity index (χ1) is 10.1. The molecular weight excluding hydrogens is 282 g/mol. The number of aromatic nitrogens is 1. The molecule has 1 N–H and O–H groups in total. The Morgan fingerprint density at radius 1 is 1.00 bits per heavy atom. The molecule has 0 saturated carbocycles. The van der Waals surface area contributed by atoms with Crippen LogP contribution in [0.1, 0.15) is 15.2 Å². The zero-order valence-electron chi connectivity index (χ0n) is 11.4. The minimum Gasteiger partial charge on any atom is -0.477 e. The number of benzene rings is 2. The highest BCUT2D eigenvalue weighted by atomic mass is 32.1. The van der Waals surface area contributed by atoms with Gasteiger partial charge in [-0.25, -0.2) is 9.78 Å². The molecule has 4 heteroatoms. The fraction of sp³-hybridized carbons (Fsp3) is 0.0588. The molecule has 0 atom stereocenters. The summed E-state index contributed by atoms with van der Waals surface area (Å²) in [5, 5.41) is 10.1. The molecule has 0 bridgehead atoms. The summed E-state index contributed by atoms with van der Waals surface area (Å²) in [6, 6.07) is 17.4. The Balaban J connectivity index is 2.14. The lowest BCUT2D eigenvalue weighted by Gasteiger charge is -1.99. The van der Waals surface area contributed by atoms with Crippen molar-refractivity contribution in [2.24, 2.45) is 0 Å². The lowest BCUT2D eigenvalue weighted by Crippen LogP contribution is -1.95. The molecule has 0 unspecified atom stereocenters. The van der Waals surface area contributed by atoms with Crippen LogP contribution < -0.4 is 0 Å². The molecule has 3 aromatic rings. The van der Waals surface area contributed by atoms with Crippen LogP contribution in [0.4, 0.5) is 0 Å². The first-order valence-corrected chi connectivity index (χ1v) is 7.33. The Labute approximate surface area is 126 Å². The van der Waals surface area contributed by atoms with Gasteiger partial charge in [-0.1, -0.05) is 60.2 Å². The van der Waals surface area contributed by atoms with Gasteiger partial charge in [-0.3, -0.25) is 0 Å². The van der Waals surface area contributed by atoms with Crippen molar-refractivity contribution in [2.45, 2.75) is 6.92 Å². The molecule has 21 heavy (non-hydrogen) atoms. The quantitative estimate of drug-likeness (QED) is 0.775. The highest BCUT2D eigenvalue weighted by molar-refractivity contribution is 7.17. The first kappa shape index (κ1) is 13.5. The number of carboxylic acids is 1. The van der Waals surface area contributed by atoms with E-state index < -0.39 is 5.97 Å². The molecule has 1 heterocycles. The van der Waals surface area contributed by atoms with E-state index in [-0.39, 0.29) is 4.88 Å². The molecule has 0 saturated heterocycles. The Bertz CT molecular complexity index is 776. The van der Waals surface area contributed by atoms with Crippen molar-refractivity contribution in [3.05, 3.63) is 65.0 Å². The summed E-state index contributed by atoms with van der Waals surface area (Å²) < 4.78 is 0. The number of carboxylic acid groups (broad SMARTS) is 1. The summed E-state index contributed by atoms with van der Waals surface area (Å²) in [6.45, 7) is 2.00. The zero-order valence-corrected chi connectivity index (χ0v) is 12.2. The number of hydrogen-bond acceptors (Lipinski definition) is 3. The minimum atomic E-state index is -0.940. The van der Waals surface area contributed by atoms with Gasteiger partial charge in [0.2, 0.25) is 0 Å². The van der Waals surface area contributed by atoms with Crippen LogP contribution in [0.5, 0.6) is 0 Å². The van der Waals surface area contributed by atoms with Crippen LogP contribution in [0.2, 0.25) is 0 Å². The number of aryl methyl sites for hydroxylation is 1. The second-order valence-electron chi connectivity index (χ2n) is 4.73. The van der Waals surface area contributed by atoms with E-state index >= 15 is 0 Å². The van der Waals surface area contributed by atoms with Crippen LogP contribution in [-0.2, 0) is 0 Å². The van der Waals surface area contributed by atoms with Gasteiger partial charge in [0.25, 0.3) is 0 Å². The van der Waals surface area contributed by atoms with Crippen LogP contribution in [0.15, 0.2) is 54.6 Å². The number of rotatable bonds is 3. The topological polar surface area (TPSA) is 50.2 Å². The van der Waals surface area contributed by atoms with Gasteiger partial charge in [0.1, 0.15) is 9.88 Å². The number of carbonyl (C=O) groups is 1. The molecule has 0 aliphatic carbocycles. The molecule has 1 aromatic heterocycles. The van der Waals surface area contributed by atoms with Gasteiger partial charge in [-0.05, 0) is 6.92 Å². The van der Waals surface area contributed by atoms with Crippen LogP contribution in [-0.4, -0.2) is 16.1 Å². The summed E-state index contributed by atoms with van der Waals surface area (Å²) in [5.74, 6) is -0.940. The summed E-state index contributed by atoms with van der Waals surface area (Å²) in [6.07, 6.45) is 0. The van der Waals surface area contributed by atoms with Crippen LogP contribution >= 0.6 is 11.3 Å². The second-order valence-corrected chi connectivity index (χ2v) is 5.73. The third kappa shape index (κ3) is 2.71. The van der Waals surface area contributed by atoms with Crippen molar-refractivity contribution in [3.63, 3.8) is 0 Å². The van der Waals surface area contributed by atoms with Crippen LogP contribution in [0.3, 0.4) is 0 Å². The Morgan fingerprint density at radius 3 is 2.29 bits per heavy atom. The van der Waals surface area contributed by atoms with E-state index in [1.165, 1.54) is 11.3 Å². The van der Waals surface area contributed by atoms with Gasteiger partial charge in [0.05, 0.1) is 5.69 Å². The molecule has 3 nitrogen and oxygen atoms in total. The lowest BCUT2D eigenvalue weighted by molar-refractivity contribution is 0.0702. The molecule has 0 aliphatic rings. The van der Waals surface area contributed by atoms with Gasteiger partial charge in [-0.2, -0.15) is 0 Å². The molecule has 0 fully saturated rings. The normalized spacial score (nSPS) is 10.5. The predicted molar refractivity (Wildman–Crippen MR) is 84.7 cm³/mol. The van der Waals surface area contributed by atoms with E-state index in [1.54, 1.807) is 0 Å². The Kier molecular flexibility index (Phi) is 3.54. The van der Waals surface area contributed by atoms with Crippen molar-refractivity contribution in [3.8, 4) is 21.8 Å². The van der Waals surface area contributed by atoms with E-state index in [0.717, 1.165) is 21.7 Å². The van der Waals surface area contributed by atoms with Crippen molar-refractivity contribution in [1.29, 1.82) is 0 Å². The second kappa shape index (κ2) is 5.50. The van der Waals surface area contributed by atoms with Crippen LogP contribution in [0.25, 0.3) is 21.8 Å². The first-order valence-electron chi connectivity index (χ1n) is 6.52. The molecule has 0 aliphatic heterocycles. The maximum atomic E-state index is 11.5. The summed E-state index contributed by atoms with van der Waals surface area (Å²) in [4.78, 5) is 16.3. The standard InChI is InChI=1S/C17H13NO2S/c1-11-7-9-12(10-8-11)14-15(17(19)20)21-16(18-14)13-5-3-2-4-6-13/h2-10H,1H3,(H,19,20). The van der Waals surface area contributed by atoms with Crippen LogP contribution in [0, 0.1) is 6.92 Å². The third-order valence-electron chi connectivity index (χ3n) is 3.17. The van der Waals surface area contributed by atoms with Crippen molar-refractivity contribution in [1.82, 2.24) is 4.98 Å². The van der Waals surface area contributed by atoms with Gasteiger partial charge in [0.15, 0.2) is 0 Å². The highest BCUT2D eigenvalue weighted by Gasteiger charge is 2.19. The third-order valence-corrected chi connectivity index (χ3v) is 4.26. The summed E-state index contributed by atoms with van der Waals surface area (Å²) >= 11 is 1.21. The van der Waals surface area contributed by atoms with E-state index in [0.29, 0.717) is 5.69 Å². The minimum absolute atomic E-state index is 0.276. The molecule has 104 valence electrons. The van der Waals surface area contributed by atoms with Crippen molar-refractivity contribution < 1.29 is 9.90 Å². The molecule has 0 amide bonds. The molecule has 3 rings (SSSR count). The SMILES string of the molecule is Cc1ccc(-c2nc(-c3ccccc3)sc2C(=O)O)cc1. The largest absolute Gasteiger partial charge is 0.477 e. The zero-order chi connectivity index (χ0) is 14.8. The smallest absolute Gasteiger partial charge is 0.348 e. The molecule has 0 radical (unpaired) electrons. The number of thiazole rings is 1. The maximum Gasteiger partial charge on any atom is 0.348 e. The molecule has 0 spiro atoms. The van der Waals surface area contributed by atoms with Gasteiger partial charge in [-0.15, -0.1) is 11.3 Å². The van der Waals surface area contributed by atoms with E-state index in [2.05, 4.69) is 4.98 Å². The number of hydrogen-bond donors (Lipinski definition) is 1. The average Bonchev–Trinajstić information content (AvgIpc) is 2.94. The highest BCUT2D eigenvalue weighted by Crippen LogP contribution is 2.33. The van der Waals surface area contributed by atoms with Gasteiger partial charge < -0.3 is 5.11 Å².